The third-order valence-electron chi connectivity index (χ3n) is 11.3. The van der Waals surface area contributed by atoms with E-state index in [1.165, 1.54) is 22.0 Å². The van der Waals surface area contributed by atoms with Gasteiger partial charge in [-0.1, -0.05) is 133 Å². The molecule has 0 spiro atoms. The summed E-state index contributed by atoms with van der Waals surface area (Å²) in [7, 11) is 0. The van der Waals surface area contributed by atoms with Crippen LogP contribution >= 0.6 is 0 Å². The summed E-state index contributed by atoms with van der Waals surface area (Å²) in [6, 6.07) is 55.1. The maximum absolute atomic E-state index is 5.02. The van der Waals surface area contributed by atoms with Crippen LogP contribution in [0.25, 0.3) is 67.5 Å². The Labute approximate surface area is 336 Å². The zero-order valence-corrected chi connectivity index (χ0v) is 32.0. The highest BCUT2D eigenvalue weighted by Gasteiger charge is 2.38. The van der Waals surface area contributed by atoms with Gasteiger partial charge in [-0.15, -0.1) is 0 Å². The molecule has 2 unspecified atom stereocenters. The Balaban J connectivity index is 1.01. The van der Waals surface area contributed by atoms with Crippen LogP contribution in [0.15, 0.2) is 176 Å². The first-order chi connectivity index (χ1) is 28.6. The van der Waals surface area contributed by atoms with Gasteiger partial charge in [0.15, 0.2) is 17.5 Å². The van der Waals surface area contributed by atoms with Crippen molar-refractivity contribution in [3.8, 4) is 40.1 Å². The van der Waals surface area contributed by atoms with Crippen LogP contribution in [0.5, 0.6) is 0 Å². The fraction of sp³-hybridized carbons (Fsp3) is 0.0784. The van der Waals surface area contributed by atoms with Gasteiger partial charge in [0.25, 0.3) is 0 Å². The number of hydrogen-bond acceptors (Lipinski definition) is 6. The van der Waals surface area contributed by atoms with E-state index in [1.54, 1.807) is 0 Å². The van der Waals surface area contributed by atoms with Gasteiger partial charge in [-0.2, -0.15) is 0 Å². The monoisotopic (exact) mass is 747 g/mol. The second-order valence-electron chi connectivity index (χ2n) is 15.1. The van der Waals surface area contributed by atoms with Crippen molar-refractivity contribution >= 4 is 38.8 Å². The third kappa shape index (κ3) is 5.70. The molecule has 2 atom stereocenters. The Kier molecular flexibility index (Phi) is 7.93. The standard InChI is InChI=1S/C51H37N7/c1-32-28-33(2)53-51(52-32)58-45-23-12-10-21-41(45)43-31-39(25-27-46(43)58)57-44-22-11-9-20-40(44)42-26-24-37(30-47(42)57)36-18-13-19-38(29-36)50-55-48(34-14-5-3-6-15-34)54-49(56-50)35-16-7-4-8-17-35/h3-31,42,47H,1-2H3. The van der Waals surface area contributed by atoms with E-state index in [-0.39, 0.29) is 12.0 Å². The van der Waals surface area contributed by atoms with E-state index >= 15 is 0 Å². The second kappa shape index (κ2) is 13.6. The second-order valence-corrected chi connectivity index (χ2v) is 15.1. The van der Waals surface area contributed by atoms with E-state index in [9.17, 15) is 0 Å². The molecule has 58 heavy (non-hydrogen) atoms. The maximum Gasteiger partial charge on any atom is 0.235 e. The Hall–Kier alpha value is -7.51. The lowest BCUT2D eigenvalue weighted by atomic mass is 9.86. The van der Waals surface area contributed by atoms with Gasteiger partial charge in [0.1, 0.15) is 0 Å². The number of anilines is 2. The normalized spacial score (nSPS) is 15.8. The molecule has 0 radical (unpaired) electrons. The number of para-hydroxylation sites is 2. The largest absolute Gasteiger partial charge is 0.333 e. The summed E-state index contributed by atoms with van der Waals surface area (Å²) < 4.78 is 2.20. The molecule has 3 aromatic heterocycles. The Morgan fingerprint density at radius 3 is 1.83 bits per heavy atom. The Bertz CT molecular complexity index is 3030. The highest BCUT2D eigenvalue weighted by Crippen LogP contribution is 2.50. The van der Waals surface area contributed by atoms with Crippen LogP contribution in [-0.2, 0) is 0 Å². The molecule has 2 aliphatic rings. The van der Waals surface area contributed by atoms with Crippen LogP contribution in [0.4, 0.5) is 11.4 Å². The topological polar surface area (TPSA) is 72.6 Å². The molecule has 7 nitrogen and oxygen atoms in total. The summed E-state index contributed by atoms with van der Waals surface area (Å²) in [5.74, 6) is 2.83. The lowest BCUT2D eigenvalue weighted by Gasteiger charge is -2.30. The summed E-state index contributed by atoms with van der Waals surface area (Å²) in [5.41, 5.74) is 12.9. The molecular formula is C51H37N7. The summed E-state index contributed by atoms with van der Waals surface area (Å²) in [6.07, 6.45) is 7.08. The van der Waals surface area contributed by atoms with Crippen molar-refractivity contribution in [1.82, 2.24) is 29.5 Å². The Morgan fingerprint density at radius 1 is 0.483 bits per heavy atom. The molecule has 11 rings (SSSR count). The SMILES string of the molecule is Cc1cc(C)nc(-n2c3ccccc3c3cc(N4c5ccccc5C5C=CC(c6cccc(-c7nc(-c8ccccc8)nc(-c8ccccc8)n7)c6)=CC54)ccc32)n1. The number of rotatable bonds is 6. The molecule has 1 aliphatic carbocycles. The fourth-order valence-electron chi connectivity index (χ4n) is 8.75. The summed E-state index contributed by atoms with van der Waals surface area (Å²) >= 11 is 0. The predicted octanol–water partition coefficient (Wildman–Crippen LogP) is 11.6. The van der Waals surface area contributed by atoms with E-state index in [4.69, 9.17) is 24.9 Å². The number of aryl methyl sites for hydroxylation is 2. The maximum atomic E-state index is 5.02. The fourth-order valence-corrected chi connectivity index (χ4v) is 8.75. The first-order valence-corrected chi connectivity index (χ1v) is 19.7. The number of allylic oxidation sites excluding steroid dienone is 2. The van der Waals surface area contributed by atoms with Gasteiger partial charge in [0.2, 0.25) is 5.95 Å². The molecule has 276 valence electrons. The number of hydrogen-bond donors (Lipinski definition) is 0. The summed E-state index contributed by atoms with van der Waals surface area (Å²) in [6.45, 7) is 4.05. The van der Waals surface area contributed by atoms with Gasteiger partial charge < -0.3 is 4.90 Å². The molecule has 1 aliphatic heterocycles. The minimum absolute atomic E-state index is 0.0705. The van der Waals surface area contributed by atoms with Crippen LogP contribution in [0.2, 0.25) is 0 Å². The van der Waals surface area contributed by atoms with E-state index in [0.29, 0.717) is 23.4 Å². The van der Waals surface area contributed by atoms with Gasteiger partial charge >= 0.3 is 0 Å². The van der Waals surface area contributed by atoms with Crippen molar-refractivity contribution in [2.75, 3.05) is 4.90 Å². The molecule has 0 bridgehead atoms. The average Bonchev–Trinajstić information content (AvgIpc) is 3.79. The van der Waals surface area contributed by atoms with Crippen molar-refractivity contribution in [2.45, 2.75) is 25.8 Å². The highest BCUT2D eigenvalue weighted by atomic mass is 15.2. The third-order valence-corrected chi connectivity index (χ3v) is 11.3. The number of aromatic nitrogens is 6. The van der Waals surface area contributed by atoms with Crippen molar-refractivity contribution in [3.05, 3.63) is 198 Å². The molecule has 7 heteroatoms. The van der Waals surface area contributed by atoms with Gasteiger partial charge in [0.05, 0.1) is 17.1 Å². The van der Waals surface area contributed by atoms with Crippen LogP contribution in [-0.4, -0.2) is 35.5 Å². The first-order valence-electron chi connectivity index (χ1n) is 19.7. The smallest absolute Gasteiger partial charge is 0.235 e. The van der Waals surface area contributed by atoms with Crippen molar-refractivity contribution < 1.29 is 0 Å². The van der Waals surface area contributed by atoms with Gasteiger partial charge in [-0.3, -0.25) is 4.57 Å². The van der Waals surface area contributed by atoms with Gasteiger partial charge in [0, 0.05) is 56.1 Å². The quantitative estimate of drug-likeness (QED) is 0.169. The van der Waals surface area contributed by atoms with Crippen molar-refractivity contribution in [1.29, 1.82) is 0 Å². The molecule has 0 saturated heterocycles. The van der Waals surface area contributed by atoms with Gasteiger partial charge in [-0.25, -0.2) is 24.9 Å². The van der Waals surface area contributed by atoms with Crippen LogP contribution < -0.4 is 4.90 Å². The van der Waals surface area contributed by atoms with Crippen LogP contribution in [0.1, 0.15) is 28.4 Å². The lowest BCUT2D eigenvalue weighted by Crippen LogP contribution is -2.29. The average molecular weight is 748 g/mol. The first kappa shape index (κ1) is 33.8. The number of fused-ring (bicyclic) bond motifs is 6. The van der Waals surface area contributed by atoms with Crippen molar-refractivity contribution in [3.63, 3.8) is 0 Å². The number of nitrogens with zero attached hydrogens (tertiary/aromatic N) is 7. The minimum atomic E-state index is 0.0705. The molecule has 0 saturated carbocycles. The summed E-state index contributed by atoms with van der Waals surface area (Å²) in [5, 5.41) is 2.34. The predicted molar refractivity (Wildman–Crippen MR) is 234 cm³/mol. The summed E-state index contributed by atoms with van der Waals surface area (Å²) in [4.78, 5) is 27.2. The van der Waals surface area contributed by atoms with E-state index in [0.717, 1.165) is 55.9 Å². The molecule has 6 aromatic carbocycles. The zero-order chi connectivity index (χ0) is 38.7. The molecule has 0 fully saturated rings. The Morgan fingerprint density at radius 2 is 1.09 bits per heavy atom. The molecular weight excluding hydrogens is 711 g/mol. The van der Waals surface area contributed by atoms with E-state index in [1.807, 2.05) is 80.6 Å². The minimum Gasteiger partial charge on any atom is -0.333 e. The van der Waals surface area contributed by atoms with E-state index < -0.39 is 0 Å². The lowest BCUT2D eigenvalue weighted by molar-refractivity contribution is 0.747. The molecule has 0 N–H and O–H groups in total. The zero-order valence-electron chi connectivity index (χ0n) is 32.0. The molecule has 0 amide bonds. The van der Waals surface area contributed by atoms with Crippen molar-refractivity contribution in [2.24, 2.45) is 0 Å². The molecule has 4 heterocycles. The highest BCUT2D eigenvalue weighted by molar-refractivity contribution is 6.10. The van der Waals surface area contributed by atoms with Crippen LogP contribution in [0, 0.1) is 13.8 Å². The van der Waals surface area contributed by atoms with E-state index in [2.05, 4.69) is 119 Å². The van der Waals surface area contributed by atoms with Crippen LogP contribution in [0.3, 0.4) is 0 Å². The molecule has 9 aromatic rings. The van der Waals surface area contributed by atoms with Gasteiger partial charge in [-0.05, 0) is 73.0 Å². The number of benzene rings is 6.